The first-order chi connectivity index (χ1) is 16.3. The fourth-order valence-corrected chi connectivity index (χ4v) is 7.14. The van der Waals surface area contributed by atoms with Crippen LogP contribution in [-0.4, -0.2) is 0 Å². The van der Waals surface area contributed by atoms with Crippen LogP contribution in [0.1, 0.15) is 40.5 Å². The molecule has 0 N–H and O–H groups in total. The van der Waals surface area contributed by atoms with Gasteiger partial charge in [0.15, 0.2) is 0 Å². The largest absolute Gasteiger partial charge is 0.0939 e. The zero-order valence-corrected chi connectivity index (χ0v) is 19.9. The summed E-state index contributed by atoms with van der Waals surface area (Å²) in [6.45, 7) is 0. The number of hydrogen-bond acceptors (Lipinski definition) is 2. The Hall–Kier alpha value is -2.94. The second-order valence-corrected chi connectivity index (χ2v) is 10.8. The molecule has 160 valence electrons. The van der Waals surface area contributed by atoms with Crippen LogP contribution in [0, 0.1) is 0 Å². The van der Waals surface area contributed by atoms with E-state index in [-0.39, 0.29) is 0 Å². The molecule has 0 heterocycles. The Morgan fingerprint density at radius 1 is 0.455 bits per heavy atom. The second-order valence-electron chi connectivity index (χ2n) is 8.52. The third-order valence-electron chi connectivity index (χ3n) is 6.45. The summed E-state index contributed by atoms with van der Waals surface area (Å²) in [5, 5.41) is 0. The predicted molar refractivity (Wildman–Crippen MR) is 144 cm³/mol. The molecule has 0 fully saturated rings. The van der Waals surface area contributed by atoms with E-state index in [0.717, 1.165) is 6.42 Å². The van der Waals surface area contributed by atoms with Crippen LogP contribution < -0.4 is 0 Å². The molecule has 0 saturated carbocycles. The smallest absolute Gasteiger partial charge is 0.0168 e. The van der Waals surface area contributed by atoms with Crippen LogP contribution >= 0.6 is 23.5 Å². The molecule has 0 amide bonds. The van der Waals surface area contributed by atoms with Crippen LogP contribution in [0.5, 0.6) is 0 Å². The standard InChI is InChI=1S/C31H24S2/c1-3-13-24(14-4-1)32-30-19-22-11-7-9-17-26(22)28(30)21-29-27-18-10-8-12-23(27)20-31(29)33-25-15-5-2-6-16-25/h1-20,28-29H,21H2. The average molecular weight is 461 g/mol. The lowest BCUT2D eigenvalue weighted by Crippen LogP contribution is -2.06. The van der Waals surface area contributed by atoms with Gasteiger partial charge in [0.05, 0.1) is 0 Å². The number of benzene rings is 4. The van der Waals surface area contributed by atoms with Gasteiger partial charge in [0, 0.05) is 21.6 Å². The molecule has 0 aliphatic heterocycles. The quantitative estimate of drug-likeness (QED) is 0.281. The van der Waals surface area contributed by atoms with Gasteiger partial charge in [-0.1, -0.05) is 108 Å². The topological polar surface area (TPSA) is 0 Å². The zero-order chi connectivity index (χ0) is 22.0. The SMILES string of the molecule is C1=C(Sc2ccccc2)C(CC2C(Sc3ccccc3)=Cc3ccccc32)c2ccccc21. The Morgan fingerprint density at radius 2 is 0.848 bits per heavy atom. The van der Waals surface area contributed by atoms with Crippen LogP contribution in [0.2, 0.25) is 0 Å². The van der Waals surface area contributed by atoms with Gasteiger partial charge in [-0.05, 0) is 74.9 Å². The lowest BCUT2D eigenvalue weighted by molar-refractivity contribution is 0.675. The van der Waals surface area contributed by atoms with Crippen molar-refractivity contribution in [3.63, 3.8) is 0 Å². The molecule has 2 aliphatic rings. The van der Waals surface area contributed by atoms with Gasteiger partial charge in [-0.15, -0.1) is 0 Å². The van der Waals surface area contributed by atoms with Crippen molar-refractivity contribution in [2.75, 3.05) is 0 Å². The van der Waals surface area contributed by atoms with E-state index in [1.54, 1.807) is 0 Å². The summed E-state index contributed by atoms with van der Waals surface area (Å²) in [6.07, 6.45) is 5.91. The molecule has 0 bridgehead atoms. The predicted octanol–water partition coefficient (Wildman–Crippen LogP) is 9.24. The number of hydrogen-bond donors (Lipinski definition) is 0. The van der Waals surface area contributed by atoms with Crippen LogP contribution in [-0.2, 0) is 0 Å². The number of thioether (sulfide) groups is 2. The molecule has 0 nitrogen and oxygen atoms in total. The molecule has 6 rings (SSSR count). The molecule has 0 radical (unpaired) electrons. The third kappa shape index (κ3) is 4.21. The monoisotopic (exact) mass is 460 g/mol. The first-order valence-electron chi connectivity index (χ1n) is 11.4. The molecule has 4 aromatic carbocycles. The molecule has 2 aliphatic carbocycles. The Balaban J connectivity index is 1.35. The fourth-order valence-electron chi connectivity index (χ4n) is 4.91. The first-order valence-corrected chi connectivity index (χ1v) is 13.1. The van der Waals surface area contributed by atoms with Crippen molar-refractivity contribution in [1.82, 2.24) is 0 Å². The van der Waals surface area contributed by atoms with Crippen molar-refractivity contribution in [2.45, 2.75) is 28.0 Å². The highest BCUT2D eigenvalue weighted by Crippen LogP contribution is 2.54. The van der Waals surface area contributed by atoms with Gasteiger partial charge < -0.3 is 0 Å². The maximum atomic E-state index is 2.41. The van der Waals surface area contributed by atoms with Gasteiger partial charge in [-0.2, -0.15) is 0 Å². The normalized spacial score (nSPS) is 18.4. The summed E-state index contributed by atoms with van der Waals surface area (Å²) < 4.78 is 0. The van der Waals surface area contributed by atoms with Crippen molar-refractivity contribution in [3.8, 4) is 0 Å². The Labute approximate surface area is 204 Å². The van der Waals surface area contributed by atoms with Gasteiger partial charge in [-0.25, -0.2) is 0 Å². The maximum Gasteiger partial charge on any atom is 0.0168 e. The van der Waals surface area contributed by atoms with Crippen molar-refractivity contribution in [1.29, 1.82) is 0 Å². The zero-order valence-electron chi connectivity index (χ0n) is 18.2. The highest BCUT2D eigenvalue weighted by molar-refractivity contribution is 8.03. The molecule has 33 heavy (non-hydrogen) atoms. The minimum Gasteiger partial charge on any atom is -0.0939 e. The molecule has 4 aromatic rings. The lowest BCUT2D eigenvalue weighted by Gasteiger charge is -2.24. The van der Waals surface area contributed by atoms with Gasteiger partial charge in [-0.3, -0.25) is 0 Å². The molecular weight excluding hydrogens is 436 g/mol. The summed E-state index contributed by atoms with van der Waals surface area (Å²) >= 11 is 3.84. The highest BCUT2D eigenvalue weighted by atomic mass is 32.2. The van der Waals surface area contributed by atoms with E-state index in [4.69, 9.17) is 0 Å². The summed E-state index contributed by atoms with van der Waals surface area (Å²) in [6, 6.07) is 39.4. The molecule has 0 saturated heterocycles. The van der Waals surface area contributed by atoms with Gasteiger partial charge in [0.25, 0.3) is 0 Å². The van der Waals surface area contributed by atoms with Crippen LogP contribution in [0.15, 0.2) is 129 Å². The average Bonchev–Trinajstić information content (AvgIpc) is 3.38. The summed E-state index contributed by atoms with van der Waals surface area (Å²) in [5.74, 6) is 0.810. The number of allylic oxidation sites excluding steroid dienone is 2. The van der Waals surface area contributed by atoms with Crippen molar-refractivity contribution < 1.29 is 0 Å². The molecule has 0 aromatic heterocycles. The first kappa shape index (κ1) is 20.7. The second kappa shape index (κ2) is 9.13. The highest BCUT2D eigenvalue weighted by Gasteiger charge is 2.33. The lowest BCUT2D eigenvalue weighted by atomic mass is 9.87. The molecular formula is C31H24S2. The minimum absolute atomic E-state index is 0.405. The van der Waals surface area contributed by atoms with E-state index in [1.165, 1.54) is 41.9 Å². The molecule has 2 unspecified atom stereocenters. The van der Waals surface area contributed by atoms with Crippen molar-refractivity contribution in [3.05, 3.63) is 141 Å². The van der Waals surface area contributed by atoms with Gasteiger partial charge in [0.2, 0.25) is 0 Å². The van der Waals surface area contributed by atoms with Crippen molar-refractivity contribution in [2.24, 2.45) is 0 Å². The molecule has 2 heteroatoms. The summed E-state index contributed by atoms with van der Waals surface area (Å²) in [4.78, 5) is 5.53. The van der Waals surface area contributed by atoms with E-state index in [0.29, 0.717) is 11.8 Å². The maximum absolute atomic E-state index is 2.41. The summed E-state index contributed by atoms with van der Waals surface area (Å²) in [7, 11) is 0. The van der Waals surface area contributed by atoms with E-state index in [2.05, 4.69) is 121 Å². The van der Waals surface area contributed by atoms with E-state index in [9.17, 15) is 0 Å². The molecule has 0 spiro atoms. The van der Waals surface area contributed by atoms with Crippen LogP contribution in [0.3, 0.4) is 0 Å². The van der Waals surface area contributed by atoms with E-state index < -0.39 is 0 Å². The van der Waals surface area contributed by atoms with Crippen molar-refractivity contribution >= 4 is 35.7 Å². The number of fused-ring (bicyclic) bond motifs is 2. The molecule has 2 atom stereocenters. The van der Waals surface area contributed by atoms with Gasteiger partial charge >= 0.3 is 0 Å². The Kier molecular flexibility index (Phi) is 5.71. The van der Waals surface area contributed by atoms with Crippen LogP contribution in [0.4, 0.5) is 0 Å². The number of rotatable bonds is 6. The summed E-state index contributed by atoms with van der Waals surface area (Å²) in [5.41, 5.74) is 5.66. The van der Waals surface area contributed by atoms with E-state index >= 15 is 0 Å². The van der Waals surface area contributed by atoms with Gasteiger partial charge in [0.1, 0.15) is 0 Å². The Bertz CT molecular complexity index is 1230. The van der Waals surface area contributed by atoms with Crippen LogP contribution in [0.25, 0.3) is 12.2 Å². The Morgan fingerprint density at radius 3 is 1.30 bits per heavy atom. The minimum atomic E-state index is 0.405. The third-order valence-corrected chi connectivity index (χ3v) is 8.75. The van der Waals surface area contributed by atoms with E-state index in [1.807, 2.05) is 23.5 Å². The fraction of sp³-hybridized carbons (Fsp3) is 0.0968.